The molecule has 2 aliphatic rings. The van der Waals surface area contributed by atoms with Crippen LogP contribution in [0.1, 0.15) is 47.8 Å². The van der Waals surface area contributed by atoms with E-state index in [9.17, 15) is 4.79 Å². The van der Waals surface area contributed by atoms with Crippen LogP contribution in [0.15, 0.2) is 48.5 Å². The van der Waals surface area contributed by atoms with Gasteiger partial charge in [0.1, 0.15) is 0 Å². The summed E-state index contributed by atoms with van der Waals surface area (Å²) in [4.78, 5) is 21.4. The molecule has 0 unspecified atom stereocenters. The number of likely N-dealkylation sites (N-methyl/N-ethyl adjacent to an activating group) is 1. The van der Waals surface area contributed by atoms with Crippen LogP contribution >= 0.6 is 0 Å². The monoisotopic (exact) mass is 478 g/mol. The van der Waals surface area contributed by atoms with E-state index >= 15 is 0 Å². The first-order chi connectivity index (χ1) is 16.9. The summed E-state index contributed by atoms with van der Waals surface area (Å²) in [6, 6.07) is 17.5. The van der Waals surface area contributed by atoms with Crippen molar-refractivity contribution in [1.82, 2.24) is 19.6 Å². The van der Waals surface area contributed by atoms with Gasteiger partial charge in [-0.3, -0.25) is 14.7 Å². The van der Waals surface area contributed by atoms with Crippen LogP contribution in [0.4, 0.5) is 0 Å². The van der Waals surface area contributed by atoms with Crippen LogP contribution in [-0.2, 0) is 19.5 Å². The quantitative estimate of drug-likeness (QED) is 0.594. The fourth-order valence-electron chi connectivity index (χ4n) is 5.62. The third-order valence-electron chi connectivity index (χ3n) is 7.77. The SMILES string of the molecule is CCN1CCN(Cc2cccc(CN3[C@H](C)CN(CCc4ccc(C(=O)O)cc4)C[C@@H]3C)c2)CC1. The molecule has 1 N–H and O–H groups in total. The topological polar surface area (TPSA) is 50.3 Å². The number of aromatic carboxylic acids is 1. The Labute approximate surface area is 211 Å². The second-order valence-corrected chi connectivity index (χ2v) is 10.4. The van der Waals surface area contributed by atoms with Crippen molar-refractivity contribution in [2.45, 2.75) is 52.4 Å². The summed E-state index contributed by atoms with van der Waals surface area (Å²) in [5.41, 5.74) is 4.40. The van der Waals surface area contributed by atoms with Gasteiger partial charge in [-0.2, -0.15) is 0 Å². The van der Waals surface area contributed by atoms with Gasteiger partial charge in [0, 0.05) is 71.0 Å². The first-order valence-electron chi connectivity index (χ1n) is 13.2. The van der Waals surface area contributed by atoms with E-state index in [4.69, 9.17) is 5.11 Å². The summed E-state index contributed by atoms with van der Waals surface area (Å²) in [5, 5.41) is 9.09. The average molecular weight is 479 g/mol. The zero-order valence-corrected chi connectivity index (χ0v) is 21.7. The van der Waals surface area contributed by atoms with Gasteiger partial charge in [-0.1, -0.05) is 43.3 Å². The highest BCUT2D eigenvalue weighted by Crippen LogP contribution is 2.21. The highest BCUT2D eigenvalue weighted by molar-refractivity contribution is 5.87. The molecule has 0 saturated carbocycles. The summed E-state index contributed by atoms with van der Waals surface area (Å²) in [6.07, 6.45) is 0.952. The second kappa shape index (κ2) is 12.1. The molecule has 2 fully saturated rings. The number of carbonyl (C=O) groups is 1. The van der Waals surface area contributed by atoms with Crippen LogP contribution in [0, 0.1) is 0 Å². The van der Waals surface area contributed by atoms with E-state index in [0.29, 0.717) is 17.6 Å². The molecule has 0 aliphatic carbocycles. The molecule has 0 bridgehead atoms. The van der Waals surface area contributed by atoms with E-state index in [1.54, 1.807) is 12.1 Å². The van der Waals surface area contributed by atoms with E-state index in [0.717, 1.165) is 58.8 Å². The van der Waals surface area contributed by atoms with Gasteiger partial charge in [-0.15, -0.1) is 0 Å². The molecule has 2 aromatic rings. The molecule has 6 heteroatoms. The molecule has 190 valence electrons. The predicted molar refractivity (Wildman–Crippen MR) is 142 cm³/mol. The van der Waals surface area contributed by atoms with Crippen LogP contribution in [0.2, 0.25) is 0 Å². The van der Waals surface area contributed by atoms with Gasteiger partial charge in [-0.25, -0.2) is 4.79 Å². The Balaban J connectivity index is 1.27. The van der Waals surface area contributed by atoms with Gasteiger partial charge < -0.3 is 10.0 Å². The Kier molecular flexibility index (Phi) is 8.95. The van der Waals surface area contributed by atoms with Crippen LogP contribution in [0.3, 0.4) is 0 Å². The standard InChI is InChI=1S/C29H42N4O2/c1-4-30-14-16-31(17-15-30)21-26-6-5-7-27(18-26)22-33-23(2)19-32(20-24(33)3)13-12-25-8-10-28(11-9-25)29(34)35/h5-11,18,23-24H,4,12-17,19-22H2,1-3H3,(H,34,35)/t23-,24+. The van der Waals surface area contributed by atoms with Crippen molar-refractivity contribution in [1.29, 1.82) is 0 Å². The lowest BCUT2D eigenvalue weighted by molar-refractivity contribution is 0.0334. The molecule has 6 nitrogen and oxygen atoms in total. The number of rotatable bonds is 9. The summed E-state index contributed by atoms with van der Waals surface area (Å²) in [6.45, 7) is 18.0. The summed E-state index contributed by atoms with van der Waals surface area (Å²) >= 11 is 0. The van der Waals surface area contributed by atoms with E-state index < -0.39 is 5.97 Å². The smallest absolute Gasteiger partial charge is 0.335 e. The summed E-state index contributed by atoms with van der Waals surface area (Å²) in [5.74, 6) is -0.865. The number of carboxylic acid groups (broad SMARTS) is 1. The minimum Gasteiger partial charge on any atom is -0.478 e. The Morgan fingerprint density at radius 2 is 1.43 bits per heavy atom. The molecular weight excluding hydrogens is 436 g/mol. The van der Waals surface area contributed by atoms with Crippen molar-refractivity contribution in [3.05, 3.63) is 70.8 Å². The van der Waals surface area contributed by atoms with Crippen molar-refractivity contribution >= 4 is 5.97 Å². The zero-order valence-electron chi connectivity index (χ0n) is 21.7. The highest BCUT2D eigenvalue weighted by atomic mass is 16.4. The normalized spacial score (nSPS) is 22.9. The van der Waals surface area contributed by atoms with E-state index in [2.05, 4.69) is 64.6 Å². The lowest BCUT2D eigenvalue weighted by Gasteiger charge is -2.44. The molecule has 2 heterocycles. The molecule has 0 amide bonds. The Morgan fingerprint density at radius 3 is 2.03 bits per heavy atom. The van der Waals surface area contributed by atoms with Crippen LogP contribution in [0.5, 0.6) is 0 Å². The second-order valence-electron chi connectivity index (χ2n) is 10.4. The number of piperazine rings is 2. The molecular formula is C29H42N4O2. The number of hydrogen-bond acceptors (Lipinski definition) is 5. The molecule has 0 spiro atoms. The minimum absolute atomic E-state index is 0.354. The molecule has 2 aliphatic heterocycles. The maximum Gasteiger partial charge on any atom is 0.335 e. The van der Waals surface area contributed by atoms with Gasteiger partial charge in [-0.05, 0) is 55.6 Å². The van der Waals surface area contributed by atoms with Crippen LogP contribution in [-0.4, -0.2) is 95.1 Å². The molecule has 0 aromatic heterocycles. The van der Waals surface area contributed by atoms with Crippen molar-refractivity contribution < 1.29 is 9.90 Å². The lowest BCUT2D eigenvalue weighted by atomic mass is 10.0. The van der Waals surface area contributed by atoms with E-state index in [-0.39, 0.29) is 0 Å². The average Bonchev–Trinajstić information content (AvgIpc) is 2.86. The molecule has 2 saturated heterocycles. The minimum atomic E-state index is -0.865. The number of carboxylic acids is 1. The largest absolute Gasteiger partial charge is 0.478 e. The third-order valence-corrected chi connectivity index (χ3v) is 7.77. The third kappa shape index (κ3) is 7.14. The van der Waals surface area contributed by atoms with E-state index in [1.807, 2.05) is 12.1 Å². The highest BCUT2D eigenvalue weighted by Gasteiger charge is 2.29. The molecule has 2 aromatic carbocycles. The molecule has 2 atom stereocenters. The van der Waals surface area contributed by atoms with Crippen LogP contribution < -0.4 is 0 Å². The van der Waals surface area contributed by atoms with Gasteiger partial charge in [0.25, 0.3) is 0 Å². The number of nitrogens with zero attached hydrogens (tertiary/aromatic N) is 4. The molecule has 0 radical (unpaired) electrons. The van der Waals surface area contributed by atoms with Gasteiger partial charge in [0.15, 0.2) is 0 Å². The van der Waals surface area contributed by atoms with Crippen molar-refractivity contribution in [2.75, 3.05) is 52.4 Å². The Bertz CT molecular complexity index is 943. The van der Waals surface area contributed by atoms with Crippen molar-refractivity contribution in [3.63, 3.8) is 0 Å². The molecule has 4 rings (SSSR count). The number of hydrogen-bond donors (Lipinski definition) is 1. The lowest BCUT2D eigenvalue weighted by Crippen LogP contribution is -2.56. The summed E-state index contributed by atoms with van der Waals surface area (Å²) < 4.78 is 0. The molecule has 35 heavy (non-hydrogen) atoms. The van der Waals surface area contributed by atoms with Gasteiger partial charge in [0.2, 0.25) is 0 Å². The Morgan fingerprint density at radius 1 is 0.829 bits per heavy atom. The van der Waals surface area contributed by atoms with Crippen molar-refractivity contribution in [2.24, 2.45) is 0 Å². The fraction of sp³-hybridized carbons (Fsp3) is 0.552. The number of benzene rings is 2. The first kappa shape index (κ1) is 25.8. The predicted octanol–water partition coefficient (Wildman–Crippen LogP) is 3.66. The van der Waals surface area contributed by atoms with Crippen molar-refractivity contribution in [3.8, 4) is 0 Å². The van der Waals surface area contributed by atoms with Gasteiger partial charge >= 0.3 is 5.97 Å². The van der Waals surface area contributed by atoms with Gasteiger partial charge in [0.05, 0.1) is 5.56 Å². The van der Waals surface area contributed by atoms with E-state index in [1.165, 1.54) is 29.8 Å². The fourth-order valence-corrected chi connectivity index (χ4v) is 5.62. The van der Waals surface area contributed by atoms with Crippen LogP contribution in [0.25, 0.3) is 0 Å². The Hall–Kier alpha value is -2.25. The maximum atomic E-state index is 11.1. The first-order valence-corrected chi connectivity index (χ1v) is 13.2. The maximum absolute atomic E-state index is 11.1. The summed E-state index contributed by atoms with van der Waals surface area (Å²) in [7, 11) is 0. The zero-order chi connectivity index (χ0) is 24.8.